The van der Waals surface area contributed by atoms with E-state index < -0.39 is 16.7 Å². The zero-order chi connectivity index (χ0) is 22.5. The molecule has 0 aliphatic heterocycles. The monoisotopic (exact) mass is 457 g/mol. The zero-order valence-corrected chi connectivity index (χ0v) is 17.1. The summed E-state index contributed by atoms with van der Waals surface area (Å²) in [5.74, 6) is 4.12. The smallest absolute Gasteiger partial charge is 0.343 e. The van der Waals surface area contributed by atoms with Crippen LogP contribution in [-0.2, 0) is 0 Å². The van der Waals surface area contributed by atoms with Crippen molar-refractivity contribution in [2.24, 2.45) is 10.9 Å². The maximum atomic E-state index is 13.0. The number of nitrogens with two attached hydrogens (primary N) is 1. The number of carbonyl (C=O) groups excluding carboxylic acids is 2. The minimum atomic E-state index is -0.782. The molecule has 3 aromatic rings. The number of hydrazone groups is 1. The molecule has 0 amide bonds. The number of ether oxygens (including phenoxy) is 1. The van der Waals surface area contributed by atoms with Gasteiger partial charge in [-0.05, 0) is 42.5 Å². The SMILES string of the molecule is N/N=C(/C(=O)c1ccc(Cl)cc1Cl)c1ccccc1OC(=O)c1ccc([N+](=O)[O-])cc1. The highest BCUT2D eigenvalue weighted by Crippen LogP contribution is 2.26. The first-order chi connectivity index (χ1) is 14.8. The predicted octanol–water partition coefficient (Wildman–Crippen LogP) is 4.67. The van der Waals surface area contributed by atoms with Crippen LogP contribution in [0, 0.1) is 10.1 Å². The molecule has 10 heteroatoms. The second-order valence-corrected chi connectivity index (χ2v) is 6.96. The number of para-hydroxylation sites is 1. The van der Waals surface area contributed by atoms with E-state index in [1.54, 1.807) is 12.1 Å². The van der Waals surface area contributed by atoms with Gasteiger partial charge in [-0.25, -0.2) is 4.79 Å². The molecule has 0 heterocycles. The molecular formula is C21H13Cl2N3O5. The van der Waals surface area contributed by atoms with Crippen LogP contribution in [0.3, 0.4) is 0 Å². The predicted molar refractivity (Wildman–Crippen MR) is 116 cm³/mol. The third kappa shape index (κ3) is 4.88. The third-order valence-electron chi connectivity index (χ3n) is 4.18. The van der Waals surface area contributed by atoms with Crippen molar-refractivity contribution in [3.63, 3.8) is 0 Å². The van der Waals surface area contributed by atoms with E-state index in [1.165, 1.54) is 54.6 Å². The number of ketones is 1. The summed E-state index contributed by atoms with van der Waals surface area (Å²) in [4.78, 5) is 35.7. The molecule has 3 aromatic carbocycles. The van der Waals surface area contributed by atoms with Crippen LogP contribution in [-0.4, -0.2) is 22.4 Å². The number of halogens is 2. The van der Waals surface area contributed by atoms with Gasteiger partial charge < -0.3 is 10.6 Å². The molecule has 0 aromatic heterocycles. The van der Waals surface area contributed by atoms with Gasteiger partial charge in [0.25, 0.3) is 5.69 Å². The number of benzene rings is 3. The number of carbonyl (C=O) groups is 2. The highest BCUT2D eigenvalue weighted by atomic mass is 35.5. The van der Waals surface area contributed by atoms with Gasteiger partial charge in [0, 0.05) is 28.3 Å². The van der Waals surface area contributed by atoms with Gasteiger partial charge >= 0.3 is 5.97 Å². The lowest BCUT2D eigenvalue weighted by molar-refractivity contribution is -0.384. The van der Waals surface area contributed by atoms with Crippen LogP contribution in [0.1, 0.15) is 26.3 Å². The second kappa shape index (κ2) is 9.38. The first kappa shape index (κ1) is 21.9. The lowest BCUT2D eigenvalue weighted by Gasteiger charge is -2.12. The fraction of sp³-hybridized carbons (Fsp3) is 0. The van der Waals surface area contributed by atoms with Gasteiger partial charge in [0.1, 0.15) is 11.5 Å². The van der Waals surface area contributed by atoms with Crippen LogP contribution in [0.25, 0.3) is 0 Å². The molecule has 8 nitrogen and oxygen atoms in total. The largest absolute Gasteiger partial charge is 0.422 e. The van der Waals surface area contributed by atoms with Crippen molar-refractivity contribution in [2.45, 2.75) is 0 Å². The van der Waals surface area contributed by atoms with E-state index >= 15 is 0 Å². The van der Waals surface area contributed by atoms with Gasteiger partial charge in [-0.3, -0.25) is 14.9 Å². The van der Waals surface area contributed by atoms with Crippen LogP contribution in [0.15, 0.2) is 71.8 Å². The number of non-ortho nitro benzene ring substituents is 1. The number of rotatable bonds is 6. The Labute approximate surface area is 186 Å². The Balaban J connectivity index is 1.92. The highest BCUT2D eigenvalue weighted by Gasteiger charge is 2.23. The molecule has 31 heavy (non-hydrogen) atoms. The molecule has 0 fully saturated rings. The Morgan fingerprint density at radius 3 is 2.26 bits per heavy atom. The summed E-state index contributed by atoms with van der Waals surface area (Å²) in [6.45, 7) is 0. The molecule has 0 spiro atoms. The Bertz CT molecular complexity index is 1210. The lowest BCUT2D eigenvalue weighted by atomic mass is 10.00. The molecule has 0 aliphatic rings. The maximum Gasteiger partial charge on any atom is 0.343 e. The van der Waals surface area contributed by atoms with Gasteiger partial charge in [0.2, 0.25) is 5.78 Å². The first-order valence-electron chi connectivity index (χ1n) is 8.65. The Morgan fingerprint density at radius 1 is 0.968 bits per heavy atom. The number of esters is 1. The van der Waals surface area contributed by atoms with Crippen LogP contribution in [0.2, 0.25) is 10.0 Å². The topological polar surface area (TPSA) is 125 Å². The minimum Gasteiger partial charge on any atom is -0.422 e. The van der Waals surface area contributed by atoms with E-state index in [0.717, 1.165) is 0 Å². The molecule has 0 saturated heterocycles. The van der Waals surface area contributed by atoms with Crippen molar-refractivity contribution in [1.82, 2.24) is 0 Å². The number of nitrogens with zero attached hydrogens (tertiary/aromatic N) is 2. The molecule has 0 radical (unpaired) electrons. The summed E-state index contributed by atoms with van der Waals surface area (Å²) in [5.41, 5.74) is 0.0121. The highest BCUT2D eigenvalue weighted by molar-refractivity contribution is 6.54. The maximum absolute atomic E-state index is 13.0. The van der Waals surface area contributed by atoms with Gasteiger partial charge in [-0.1, -0.05) is 35.3 Å². The summed E-state index contributed by atoms with van der Waals surface area (Å²) in [7, 11) is 0. The average molecular weight is 458 g/mol. The molecule has 0 atom stereocenters. The van der Waals surface area contributed by atoms with Crippen LogP contribution in [0.4, 0.5) is 5.69 Å². The Morgan fingerprint density at radius 2 is 1.65 bits per heavy atom. The van der Waals surface area contributed by atoms with Crippen molar-refractivity contribution in [2.75, 3.05) is 0 Å². The van der Waals surface area contributed by atoms with Crippen molar-refractivity contribution >= 4 is 46.4 Å². The molecule has 0 aliphatic carbocycles. The second-order valence-electron chi connectivity index (χ2n) is 6.12. The van der Waals surface area contributed by atoms with Gasteiger partial charge in [0.05, 0.1) is 15.5 Å². The van der Waals surface area contributed by atoms with E-state index in [0.29, 0.717) is 5.02 Å². The quantitative estimate of drug-likeness (QED) is 0.109. The van der Waals surface area contributed by atoms with E-state index in [4.69, 9.17) is 33.8 Å². The van der Waals surface area contributed by atoms with Crippen LogP contribution >= 0.6 is 23.2 Å². The zero-order valence-electron chi connectivity index (χ0n) is 15.6. The van der Waals surface area contributed by atoms with E-state index in [9.17, 15) is 19.7 Å². The standard InChI is InChI=1S/C21H13Cl2N3O5/c22-13-7-10-15(17(23)11-13)20(27)19(25-24)16-3-1-2-4-18(16)31-21(28)12-5-8-14(9-6-12)26(29)30/h1-11H,24H2/b25-19+. The fourth-order valence-corrected chi connectivity index (χ4v) is 3.18. The van der Waals surface area contributed by atoms with Crippen molar-refractivity contribution in [1.29, 1.82) is 0 Å². The summed E-state index contributed by atoms with van der Waals surface area (Å²) in [5, 5.41) is 14.8. The number of Topliss-reactive ketones (excluding diaryl/α,β-unsaturated/α-hetero) is 1. The Hall–Kier alpha value is -3.75. The van der Waals surface area contributed by atoms with E-state index in [2.05, 4.69) is 5.10 Å². The number of nitro groups is 1. The van der Waals surface area contributed by atoms with Crippen LogP contribution in [0.5, 0.6) is 5.75 Å². The minimum absolute atomic E-state index is 0.0217. The van der Waals surface area contributed by atoms with E-state index in [-0.39, 0.29) is 38.9 Å². The first-order valence-corrected chi connectivity index (χ1v) is 9.41. The van der Waals surface area contributed by atoms with Crippen molar-refractivity contribution in [3.8, 4) is 5.75 Å². The van der Waals surface area contributed by atoms with Gasteiger partial charge in [-0.15, -0.1) is 0 Å². The number of hydrogen-bond donors (Lipinski definition) is 1. The third-order valence-corrected chi connectivity index (χ3v) is 4.73. The number of hydrogen-bond acceptors (Lipinski definition) is 7. The van der Waals surface area contributed by atoms with Crippen molar-refractivity contribution in [3.05, 3.63) is 104 Å². The Kier molecular flexibility index (Phi) is 6.64. The summed E-state index contributed by atoms with van der Waals surface area (Å²) in [6.07, 6.45) is 0. The lowest BCUT2D eigenvalue weighted by Crippen LogP contribution is -2.20. The molecule has 0 unspecified atom stereocenters. The summed E-state index contributed by atoms with van der Waals surface area (Å²) < 4.78 is 5.40. The van der Waals surface area contributed by atoms with Crippen LogP contribution < -0.4 is 10.6 Å². The van der Waals surface area contributed by atoms with E-state index in [1.807, 2.05) is 0 Å². The summed E-state index contributed by atoms with van der Waals surface area (Å²) >= 11 is 12.0. The molecule has 3 rings (SSSR count). The molecular weight excluding hydrogens is 445 g/mol. The summed E-state index contributed by atoms with van der Waals surface area (Å²) in [6, 6.07) is 15.4. The van der Waals surface area contributed by atoms with Gasteiger partial charge in [-0.2, -0.15) is 5.10 Å². The van der Waals surface area contributed by atoms with Gasteiger partial charge in [0.15, 0.2) is 0 Å². The normalized spacial score (nSPS) is 11.1. The fourth-order valence-electron chi connectivity index (χ4n) is 2.68. The molecule has 0 saturated carbocycles. The molecule has 0 bridgehead atoms. The molecule has 156 valence electrons. The number of nitro benzene ring substituents is 1. The van der Waals surface area contributed by atoms with Crippen molar-refractivity contribution < 1.29 is 19.2 Å². The average Bonchev–Trinajstić information content (AvgIpc) is 2.75. The molecule has 2 N–H and O–H groups in total.